The molecule has 5 nitrogen and oxygen atoms in total. The van der Waals surface area contributed by atoms with Crippen molar-refractivity contribution >= 4 is 28.1 Å². The molecule has 0 bridgehead atoms. The fourth-order valence-electron chi connectivity index (χ4n) is 4.62. The number of rotatable bonds is 6. The lowest BCUT2D eigenvalue weighted by molar-refractivity contribution is -0.274. The van der Waals surface area contributed by atoms with E-state index in [-0.39, 0.29) is 29.2 Å². The molecular formula is C28H22F4N2O3. The highest BCUT2D eigenvalue weighted by molar-refractivity contribution is 6.26. The second-order valence-electron chi connectivity index (χ2n) is 8.70. The molecule has 1 aliphatic heterocycles. The molecule has 0 amide bonds. The monoisotopic (exact) mass is 510 g/mol. The lowest BCUT2D eigenvalue weighted by atomic mass is 9.91. The number of nitrogens with one attached hydrogen (secondary N) is 1. The minimum absolute atomic E-state index is 0.109. The van der Waals surface area contributed by atoms with Crippen LogP contribution in [0.4, 0.5) is 23.2 Å². The van der Waals surface area contributed by atoms with Crippen LogP contribution in [0.3, 0.4) is 0 Å². The van der Waals surface area contributed by atoms with Crippen molar-refractivity contribution in [3.63, 3.8) is 0 Å². The number of ketones is 1. The second-order valence-corrected chi connectivity index (χ2v) is 8.70. The van der Waals surface area contributed by atoms with E-state index in [0.29, 0.717) is 51.3 Å². The molecular weight excluding hydrogens is 488 g/mol. The number of aromatic nitrogens is 1. The maximum atomic E-state index is 15.5. The van der Waals surface area contributed by atoms with Crippen LogP contribution in [0, 0.1) is 12.7 Å². The van der Waals surface area contributed by atoms with E-state index in [2.05, 4.69) is 9.72 Å². The van der Waals surface area contributed by atoms with Crippen LogP contribution < -0.4 is 9.47 Å². The third kappa shape index (κ3) is 4.69. The number of alkyl halides is 3. The molecule has 5 rings (SSSR count). The Hall–Kier alpha value is -4.14. The molecule has 0 unspecified atom stereocenters. The van der Waals surface area contributed by atoms with Gasteiger partial charge in [-0.3, -0.25) is 4.79 Å². The van der Waals surface area contributed by atoms with Gasteiger partial charge in [-0.25, -0.2) is 9.38 Å². The molecule has 0 aliphatic carbocycles. The number of aliphatic imine (C=N–C) groups is 1. The lowest BCUT2D eigenvalue weighted by Gasteiger charge is -2.19. The van der Waals surface area contributed by atoms with Crippen LogP contribution in [-0.2, 0) is 0 Å². The predicted octanol–water partition coefficient (Wildman–Crippen LogP) is 7.68. The Balaban J connectivity index is 1.68. The van der Waals surface area contributed by atoms with Crippen LogP contribution in [-0.4, -0.2) is 29.4 Å². The van der Waals surface area contributed by atoms with Crippen LogP contribution >= 0.6 is 0 Å². The lowest BCUT2D eigenvalue weighted by Crippen LogP contribution is -2.17. The minimum atomic E-state index is -4.81. The molecule has 3 aromatic carbocycles. The second kappa shape index (κ2) is 9.38. The van der Waals surface area contributed by atoms with E-state index in [1.54, 1.807) is 31.2 Å². The van der Waals surface area contributed by atoms with Gasteiger partial charge in [0.15, 0.2) is 5.78 Å². The summed E-state index contributed by atoms with van der Waals surface area (Å²) in [6.07, 6.45) is -4.15. The number of carbonyl (C=O) groups is 1. The quantitative estimate of drug-likeness (QED) is 0.271. The van der Waals surface area contributed by atoms with Crippen LogP contribution in [0.2, 0.25) is 0 Å². The standard InChI is InChI=1S/C28H22F4N2O3/c1-3-13-36-23-6-4-5-18-22(35)14-21(34-27(18)23)25-19(29)11-12-20-26(25)24(15(2)33-20)16-7-9-17(10-8-16)37-28(30,31)32/h4-12,33H,3,13-14H2,1-2H3. The van der Waals surface area contributed by atoms with Gasteiger partial charge in [0.1, 0.15) is 23.0 Å². The van der Waals surface area contributed by atoms with E-state index in [1.165, 1.54) is 30.3 Å². The fourth-order valence-corrected chi connectivity index (χ4v) is 4.62. The fraction of sp³-hybridized carbons (Fsp3) is 0.214. The molecule has 1 aliphatic rings. The number of ether oxygens (including phenoxy) is 2. The molecule has 9 heteroatoms. The van der Waals surface area contributed by atoms with Gasteiger partial charge >= 0.3 is 6.36 Å². The van der Waals surface area contributed by atoms with Gasteiger partial charge in [0.2, 0.25) is 0 Å². The average Bonchev–Trinajstić information content (AvgIpc) is 3.18. The zero-order chi connectivity index (χ0) is 26.3. The van der Waals surface area contributed by atoms with Gasteiger partial charge in [0.05, 0.1) is 18.7 Å². The Morgan fingerprint density at radius 3 is 2.49 bits per heavy atom. The Labute approximate surface area is 209 Å². The van der Waals surface area contributed by atoms with Crippen molar-refractivity contribution in [1.82, 2.24) is 4.98 Å². The largest absolute Gasteiger partial charge is 0.573 e. The number of aromatic amines is 1. The third-order valence-corrected chi connectivity index (χ3v) is 6.10. The van der Waals surface area contributed by atoms with Crippen molar-refractivity contribution in [1.29, 1.82) is 0 Å². The van der Waals surface area contributed by atoms with Crippen molar-refractivity contribution < 1.29 is 31.8 Å². The van der Waals surface area contributed by atoms with Gasteiger partial charge in [0.25, 0.3) is 0 Å². The SMILES string of the molecule is CCCOc1cccc2c1N=C(c1c(F)ccc3[nH]c(C)c(-c4ccc(OC(F)(F)F)cc4)c13)CC2=O. The normalized spacial score (nSPS) is 13.5. The number of carbonyl (C=O) groups excluding carboxylic acids is 1. The van der Waals surface area contributed by atoms with Crippen LogP contribution in [0.5, 0.6) is 11.5 Å². The Kier molecular flexibility index (Phi) is 6.23. The first-order chi connectivity index (χ1) is 17.7. The molecule has 1 N–H and O–H groups in total. The molecule has 0 saturated heterocycles. The number of para-hydroxylation sites is 1. The number of fused-ring (bicyclic) bond motifs is 2. The van der Waals surface area contributed by atoms with Gasteiger partial charge < -0.3 is 14.5 Å². The number of halogens is 4. The maximum absolute atomic E-state index is 15.5. The summed E-state index contributed by atoms with van der Waals surface area (Å²) in [6.45, 7) is 4.19. The molecule has 0 fully saturated rings. The molecule has 0 atom stereocenters. The van der Waals surface area contributed by atoms with E-state index in [4.69, 9.17) is 9.73 Å². The summed E-state index contributed by atoms with van der Waals surface area (Å²) in [5.41, 5.74) is 3.64. The molecule has 0 spiro atoms. The van der Waals surface area contributed by atoms with E-state index < -0.39 is 12.2 Å². The number of Topliss-reactive ketones (excluding diaryl/α,β-unsaturated/α-hetero) is 1. The molecule has 1 aromatic heterocycles. The molecule has 37 heavy (non-hydrogen) atoms. The topological polar surface area (TPSA) is 63.7 Å². The van der Waals surface area contributed by atoms with E-state index in [1.807, 2.05) is 6.92 Å². The minimum Gasteiger partial charge on any atom is -0.491 e. The van der Waals surface area contributed by atoms with Crippen LogP contribution in [0.1, 0.15) is 41.4 Å². The van der Waals surface area contributed by atoms with Crippen molar-refractivity contribution in [2.24, 2.45) is 4.99 Å². The Morgan fingerprint density at radius 1 is 1.03 bits per heavy atom. The Morgan fingerprint density at radius 2 is 1.78 bits per heavy atom. The van der Waals surface area contributed by atoms with Crippen molar-refractivity contribution in [2.45, 2.75) is 33.1 Å². The number of aryl methyl sites for hydroxylation is 1. The summed E-state index contributed by atoms with van der Waals surface area (Å²) >= 11 is 0. The zero-order valence-corrected chi connectivity index (χ0v) is 20.0. The van der Waals surface area contributed by atoms with Gasteiger partial charge in [-0.2, -0.15) is 0 Å². The summed E-state index contributed by atoms with van der Waals surface area (Å²) in [6, 6.07) is 13.4. The van der Waals surface area contributed by atoms with E-state index in [0.717, 1.165) is 6.42 Å². The number of H-pyrrole nitrogens is 1. The van der Waals surface area contributed by atoms with E-state index in [9.17, 15) is 18.0 Å². The van der Waals surface area contributed by atoms with Gasteiger partial charge in [0, 0.05) is 33.3 Å². The van der Waals surface area contributed by atoms with E-state index >= 15 is 4.39 Å². The molecule has 0 saturated carbocycles. The average molecular weight is 510 g/mol. The number of hydrogen-bond donors (Lipinski definition) is 1. The Bertz CT molecular complexity index is 1540. The summed E-state index contributed by atoms with van der Waals surface area (Å²) in [4.78, 5) is 21.0. The van der Waals surface area contributed by atoms with Crippen molar-refractivity contribution in [3.8, 4) is 22.6 Å². The highest BCUT2D eigenvalue weighted by Gasteiger charge is 2.31. The smallest absolute Gasteiger partial charge is 0.491 e. The van der Waals surface area contributed by atoms with Crippen LogP contribution in [0.15, 0.2) is 59.6 Å². The first kappa shape index (κ1) is 24.5. The summed E-state index contributed by atoms with van der Waals surface area (Å²) in [5, 5.41) is 0.490. The highest BCUT2D eigenvalue weighted by atomic mass is 19.4. The third-order valence-electron chi connectivity index (χ3n) is 6.10. The number of nitrogens with zero attached hydrogens (tertiary/aromatic N) is 1. The summed E-state index contributed by atoms with van der Waals surface area (Å²) in [5.74, 6) is -0.686. The zero-order valence-electron chi connectivity index (χ0n) is 20.0. The van der Waals surface area contributed by atoms with Crippen molar-refractivity contribution in [3.05, 3.63) is 77.2 Å². The van der Waals surface area contributed by atoms with Gasteiger partial charge in [-0.15, -0.1) is 13.2 Å². The summed E-state index contributed by atoms with van der Waals surface area (Å²) in [7, 11) is 0. The maximum Gasteiger partial charge on any atom is 0.573 e. The molecule has 2 heterocycles. The summed E-state index contributed by atoms with van der Waals surface area (Å²) < 4.78 is 63.1. The predicted molar refractivity (Wildman–Crippen MR) is 132 cm³/mol. The first-order valence-electron chi connectivity index (χ1n) is 11.7. The molecule has 0 radical (unpaired) electrons. The van der Waals surface area contributed by atoms with Gasteiger partial charge in [-0.05, 0) is 55.3 Å². The molecule has 4 aromatic rings. The van der Waals surface area contributed by atoms with Crippen LogP contribution in [0.25, 0.3) is 22.0 Å². The number of benzene rings is 3. The molecule has 190 valence electrons. The highest BCUT2D eigenvalue weighted by Crippen LogP contribution is 2.41. The van der Waals surface area contributed by atoms with Gasteiger partial charge in [-0.1, -0.05) is 25.1 Å². The first-order valence-corrected chi connectivity index (χ1v) is 11.7. The van der Waals surface area contributed by atoms with Crippen molar-refractivity contribution in [2.75, 3.05) is 6.61 Å². The number of hydrogen-bond acceptors (Lipinski definition) is 4.